The fraction of sp³-hybridized carbons (Fsp3) is 0.533. The second-order valence-electron chi connectivity index (χ2n) is 5.50. The van der Waals surface area contributed by atoms with Crippen LogP contribution < -0.4 is 0 Å². The van der Waals surface area contributed by atoms with Crippen molar-refractivity contribution in [3.63, 3.8) is 0 Å². The van der Waals surface area contributed by atoms with Gasteiger partial charge in [-0.1, -0.05) is 6.07 Å². The van der Waals surface area contributed by atoms with Crippen LogP contribution in [0.2, 0.25) is 0 Å². The Bertz CT molecular complexity index is 496. The highest BCUT2D eigenvalue weighted by atomic mass is 15.3. The maximum Gasteiger partial charge on any atom is 0.137 e. The molecule has 2 aromatic rings. The molecule has 1 aliphatic rings. The van der Waals surface area contributed by atoms with Gasteiger partial charge >= 0.3 is 0 Å². The van der Waals surface area contributed by atoms with E-state index in [1.165, 1.54) is 25.1 Å². The van der Waals surface area contributed by atoms with Gasteiger partial charge in [-0.15, -0.1) is 0 Å². The average Bonchev–Trinajstić information content (AvgIpc) is 3.00. The van der Waals surface area contributed by atoms with E-state index in [2.05, 4.69) is 32.1 Å². The molecule has 5 heteroatoms. The Hall–Kier alpha value is -1.75. The van der Waals surface area contributed by atoms with Crippen LogP contribution in [0.1, 0.15) is 18.5 Å². The molecule has 0 N–H and O–H groups in total. The Morgan fingerprint density at radius 3 is 3.10 bits per heavy atom. The van der Waals surface area contributed by atoms with Crippen molar-refractivity contribution in [3.8, 4) is 0 Å². The quantitative estimate of drug-likeness (QED) is 0.829. The molecule has 106 valence electrons. The summed E-state index contributed by atoms with van der Waals surface area (Å²) in [5.74, 6) is 0.689. The van der Waals surface area contributed by atoms with Crippen molar-refractivity contribution in [1.29, 1.82) is 0 Å². The molecule has 1 saturated heterocycles. The van der Waals surface area contributed by atoms with Crippen LogP contribution in [0.4, 0.5) is 0 Å². The third-order valence-electron chi connectivity index (χ3n) is 3.93. The zero-order valence-electron chi connectivity index (χ0n) is 11.7. The van der Waals surface area contributed by atoms with E-state index < -0.39 is 0 Å². The lowest BCUT2D eigenvalue weighted by molar-refractivity contribution is 0.161. The topological polar surface area (TPSA) is 46.8 Å². The molecule has 1 unspecified atom stereocenters. The Morgan fingerprint density at radius 2 is 2.30 bits per heavy atom. The highest BCUT2D eigenvalue weighted by molar-refractivity contribution is 5.03. The van der Waals surface area contributed by atoms with E-state index in [1.807, 2.05) is 23.3 Å². The van der Waals surface area contributed by atoms with E-state index in [0.717, 1.165) is 26.1 Å². The zero-order chi connectivity index (χ0) is 13.6. The molecule has 0 amide bonds. The SMILES string of the molecule is c1ccc(CCN2CCCC(Cn3cncn3)C2)nc1. The Labute approximate surface area is 119 Å². The first-order valence-electron chi connectivity index (χ1n) is 7.35. The van der Waals surface area contributed by atoms with Gasteiger partial charge in [0.2, 0.25) is 0 Å². The van der Waals surface area contributed by atoms with Gasteiger partial charge in [0, 0.05) is 37.9 Å². The van der Waals surface area contributed by atoms with Gasteiger partial charge in [0.15, 0.2) is 0 Å². The predicted octanol–water partition coefficient (Wildman–Crippen LogP) is 1.63. The van der Waals surface area contributed by atoms with Crippen LogP contribution in [0.25, 0.3) is 0 Å². The van der Waals surface area contributed by atoms with Crippen molar-refractivity contribution < 1.29 is 0 Å². The van der Waals surface area contributed by atoms with E-state index in [0.29, 0.717) is 5.92 Å². The van der Waals surface area contributed by atoms with Gasteiger partial charge in [-0.05, 0) is 37.4 Å². The normalized spacial score (nSPS) is 20.1. The number of hydrogen-bond acceptors (Lipinski definition) is 4. The molecule has 0 radical (unpaired) electrons. The summed E-state index contributed by atoms with van der Waals surface area (Å²) in [6, 6.07) is 6.14. The molecule has 1 fully saturated rings. The van der Waals surface area contributed by atoms with Crippen LogP contribution in [-0.2, 0) is 13.0 Å². The highest BCUT2D eigenvalue weighted by Crippen LogP contribution is 2.18. The lowest BCUT2D eigenvalue weighted by atomic mass is 9.98. The lowest BCUT2D eigenvalue weighted by Gasteiger charge is -2.32. The van der Waals surface area contributed by atoms with E-state index in [4.69, 9.17) is 0 Å². The van der Waals surface area contributed by atoms with Crippen LogP contribution in [0.3, 0.4) is 0 Å². The summed E-state index contributed by atoms with van der Waals surface area (Å²) < 4.78 is 1.95. The largest absolute Gasteiger partial charge is 0.303 e. The highest BCUT2D eigenvalue weighted by Gasteiger charge is 2.20. The molecule has 2 aromatic heterocycles. The minimum Gasteiger partial charge on any atom is -0.303 e. The summed E-state index contributed by atoms with van der Waals surface area (Å²) in [5.41, 5.74) is 1.19. The first-order valence-corrected chi connectivity index (χ1v) is 7.35. The Balaban J connectivity index is 1.48. The average molecular weight is 271 g/mol. The van der Waals surface area contributed by atoms with Crippen molar-refractivity contribution in [2.24, 2.45) is 5.92 Å². The maximum atomic E-state index is 4.39. The van der Waals surface area contributed by atoms with Crippen molar-refractivity contribution >= 4 is 0 Å². The van der Waals surface area contributed by atoms with E-state index in [1.54, 1.807) is 6.33 Å². The molecular weight excluding hydrogens is 250 g/mol. The smallest absolute Gasteiger partial charge is 0.137 e. The summed E-state index contributed by atoms with van der Waals surface area (Å²) in [6.07, 6.45) is 8.91. The number of rotatable bonds is 5. The molecular formula is C15H21N5. The maximum absolute atomic E-state index is 4.39. The minimum absolute atomic E-state index is 0.689. The third-order valence-corrected chi connectivity index (χ3v) is 3.93. The predicted molar refractivity (Wildman–Crippen MR) is 77.1 cm³/mol. The number of pyridine rings is 1. The van der Waals surface area contributed by atoms with E-state index in [9.17, 15) is 0 Å². The summed E-state index contributed by atoms with van der Waals surface area (Å²) in [4.78, 5) is 11.0. The summed E-state index contributed by atoms with van der Waals surface area (Å²) in [6.45, 7) is 4.46. The fourth-order valence-corrected chi connectivity index (χ4v) is 2.91. The van der Waals surface area contributed by atoms with Crippen molar-refractivity contribution in [2.75, 3.05) is 19.6 Å². The molecule has 0 spiro atoms. The number of nitrogens with zero attached hydrogens (tertiary/aromatic N) is 5. The fourth-order valence-electron chi connectivity index (χ4n) is 2.91. The van der Waals surface area contributed by atoms with Gasteiger partial charge in [0.25, 0.3) is 0 Å². The lowest BCUT2D eigenvalue weighted by Crippen LogP contribution is -2.38. The monoisotopic (exact) mass is 271 g/mol. The molecule has 1 aliphatic heterocycles. The molecule has 0 saturated carbocycles. The number of piperidine rings is 1. The van der Waals surface area contributed by atoms with Crippen LogP contribution in [-0.4, -0.2) is 44.3 Å². The molecule has 20 heavy (non-hydrogen) atoms. The van der Waals surface area contributed by atoms with Crippen molar-refractivity contribution in [1.82, 2.24) is 24.6 Å². The van der Waals surface area contributed by atoms with Crippen LogP contribution in [0.5, 0.6) is 0 Å². The Morgan fingerprint density at radius 1 is 1.30 bits per heavy atom. The summed E-state index contributed by atoms with van der Waals surface area (Å²) >= 11 is 0. The van der Waals surface area contributed by atoms with Crippen LogP contribution >= 0.6 is 0 Å². The molecule has 0 bridgehead atoms. The first kappa shape index (κ1) is 13.2. The second-order valence-corrected chi connectivity index (χ2v) is 5.50. The summed E-state index contributed by atoms with van der Waals surface area (Å²) in [5, 5.41) is 4.21. The molecule has 3 rings (SSSR count). The number of hydrogen-bond donors (Lipinski definition) is 0. The standard InChI is InChI=1S/C15H21N5/c1-2-7-17-15(5-1)6-9-19-8-3-4-14(10-19)11-20-13-16-12-18-20/h1-2,5,7,12-14H,3-4,6,8-11H2. The van der Waals surface area contributed by atoms with Crippen LogP contribution in [0, 0.1) is 5.92 Å². The summed E-state index contributed by atoms with van der Waals surface area (Å²) in [7, 11) is 0. The molecule has 0 aromatic carbocycles. The van der Waals surface area contributed by atoms with Gasteiger partial charge in [-0.2, -0.15) is 5.10 Å². The molecule has 1 atom stereocenters. The Kier molecular flexibility index (Phi) is 4.38. The third kappa shape index (κ3) is 3.63. The van der Waals surface area contributed by atoms with E-state index in [-0.39, 0.29) is 0 Å². The van der Waals surface area contributed by atoms with Gasteiger partial charge in [0.05, 0.1) is 0 Å². The van der Waals surface area contributed by atoms with Gasteiger partial charge in [-0.25, -0.2) is 4.98 Å². The number of likely N-dealkylation sites (tertiary alicyclic amines) is 1. The van der Waals surface area contributed by atoms with Gasteiger partial charge < -0.3 is 4.90 Å². The van der Waals surface area contributed by atoms with Gasteiger partial charge in [0.1, 0.15) is 12.7 Å². The minimum atomic E-state index is 0.689. The second kappa shape index (κ2) is 6.61. The molecule has 3 heterocycles. The number of aromatic nitrogens is 4. The molecule has 5 nitrogen and oxygen atoms in total. The van der Waals surface area contributed by atoms with Crippen LogP contribution in [0.15, 0.2) is 37.1 Å². The van der Waals surface area contributed by atoms with Gasteiger partial charge in [-0.3, -0.25) is 9.67 Å². The van der Waals surface area contributed by atoms with Crippen molar-refractivity contribution in [2.45, 2.75) is 25.8 Å². The molecule has 0 aliphatic carbocycles. The van der Waals surface area contributed by atoms with Crippen molar-refractivity contribution in [3.05, 3.63) is 42.7 Å². The first-order chi connectivity index (χ1) is 9.90. The zero-order valence-corrected chi connectivity index (χ0v) is 11.7. The van der Waals surface area contributed by atoms with E-state index >= 15 is 0 Å².